The number of rotatable bonds is 1. The lowest BCUT2D eigenvalue weighted by Gasteiger charge is -1.99. The van der Waals surface area contributed by atoms with Crippen molar-refractivity contribution in [3.63, 3.8) is 0 Å². The summed E-state index contributed by atoms with van der Waals surface area (Å²) in [6, 6.07) is 15.1. The van der Waals surface area contributed by atoms with Crippen molar-refractivity contribution < 1.29 is 0 Å². The number of pyridine rings is 1. The number of nitrogens with one attached hydrogen (secondary N) is 1. The van der Waals surface area contributed by atoms with E-state index in [0.29, 0.717) is 0 Å². The van der Waals surface area contributed by atoms with Crippen LogP contribution in [0.15, 0.2) is 59.5 Å². The molecule has 0 saturated carbocycles. The monoisotopic (exact) mass is 210 g/mol. The third-order valence-corrected chi connectivity index (χ3v) is 2.60. The Morgan fingerprint density at radius 1 is 1.00 bits per heavy atom. The van der Waals surface area contributed by atoms with Gasteiger partial charge in [-0.3, -0.25) is 9.36 Å². The Labute approximate surface area is 92.0 Å². The molecule has 0 amide bonds. The number of aromatic amines is 1. The number of H-pyrrole nitrogens is 1. The van der Waals surface area contributed by atoms with E-state index in [-0.39, 0.29) is 5.56 Å². The van der Waals surface area contributed by atoms with Gasteiger partial charge in [0.25, 0.3) is 5.56 Å². The molecular weight excluding hydrogens is 200 g/mol. The van der Waals surface area contributed by atoms with Crippen molar-refractivity contribution in [1.82, 2.24) is 9.55 Å². The maximum Gasteiger partial charge on any atom is 0.256 e. The summed E-state index contributed by atoms with van der Waals surface area (Å²) >= 11 is 0. The van der Waals surface area contributed by atoms with E-state index in [0.717, 1.165) is 16.7 Å². The molecule has 0 aliphatic carbocycles. The second-order valence-corrected chi connectivity index (χ2v) is 3.65. The van der Waals surface area contributed by atoms with Crippen molar-refractivity contribution in [1.29, 1.82) is 0 Å². The Bertz CT molecular complexity index is 661. The first-order valence-corrected chi connectivity index (χ1v) is 5.10. The van der Waals surface area contributed by atoms with Gasteiger partial charge in [0, 0.05) is 23.2 Å². The SMILES string of the molecule is O=c1ccccn1-c1cc2ccccc2[nH]1. The molecule has 16 heavy (non-hydrogen) atoms. The van der Waals surface area contributed by atoms with Crippen LogP contribution < -0.4 is 5.56 Å². The molecular formula is C13H10N2O. The first-order chi connectivity index (χ1) is 7.84. The van der Waals surface area contributed by atoms with Crippen molar-refractivity contribution in [2.45, 2.75) is 0 Å². The maximum absolute atomic E-state index is 11.6. The van der Waals surface area contributed by atoms with E-state index in [1.165, 1.54) is 0 Å². The van der Waals surface area contributed by atoms with E-state index in [2.05, 4.69) is 4.98 Å². The fourth-order valence-electron chi connectivity index (χ4n) is 1.81. The highest BCUT2D eigenvalue weighted by Crippen LogP contribution is 2.16. The van der Waals surface area contributed by atoms with E-state index >= 15 is 0 Å². The molecule has 1 aromatic carbocycles. The first kappa shape index (κ1) is 8.97. The Balaban J connectivity index is 2.27. The van der Waals surface area contributed by atoms with E-state index < -0.39 is 0 Å². The quantitative estimate of drug-likeness (QED) is 0.657. The zero-order chi connectivity index (χ0) is 11.0. The highest BCUT2D eigenvalue weighted by molar-refractivity contribution is 5.81. The van der Waals surface area contributed by atoms with Gasteiger partial charge in [0.05, 0.1) is 0 Å². The van der Waals surface area contributed by atoms with Crippen molar-refractivity contribution >= 4 is 10.9 Å². The van der Waals surface area contributed by atoms with Crippen molar-refractivity contribution in [2.75, 3.05) is 0 Å². The lowest BCUT2D eigenvalue weighted by Crippen LogP contribution is -2.15. The standard InChI is InChI=1S/C13H10N2O/c16-13-7-3-4-8-15(13)12-9-10-5-1-2-6-11(10)14-12/h1-9,14H. The number of hydrogen-bond donors (Lipinski definition) is 1. The molecule has 3 rings (SSSR count). The highest BCUT2D eigenvalue weighted by Gasteiger charge is 2.02. The van der Waals surface area contributed by atoms with Crippen LogP contribution in [-0.2, 0) is 0 Å². The lowest BCUT2D eigenvalue weighted by molar-refractivity contribution is 0.958. The second-order valence-electron chi connectivity index (χ2n) is 3.65. The Morgan fingerprint density at radius 3 is 2.62 bits per heavy atom. The molecule has 3 aromatic rings. The van der Waals surface area contributed by atoms with Crippen LogP contribution in [-0.4, -0.2) is 9.55 Å². The molecule has 0 unspecified atom stereocenters. The third-order valence-electron chi connectivity index (χ3n) is 2.60. The Morgan fingerprint density at radius 2 is 1.81 bits per heavy atom. The van der Waals surface area contributed by atoms with E-state index in [1.54, 1.807) is 22.9 Å². The van der Waals surface area contributed by atoms with Crippen LogP contribution in [0.25, 0.3) is 16.7 Å². The molecule has 2 heterocycles. The molecule has 78 valence electrons. The fourth-order valence-corrected chi connectivity index (χ4v) is 1.81. The van der Waals surface area contributed by atoms with Gasteiger partial charge in [-0.1, -0.05) is 24.3 Å². The molecule has 0 fully saturated rings. The maximum atomic E-state index is 11.6. The van der Waals surface area contributed by atoms with Crippen molar-refractivity contribution in [3.8, 4) is 5.82 Å². The molecule has 0 spiro atoms. The van der Waals surface area contributed by atoms with E-state index in [1.807, 2.05) is 36.4 Å². The summed E-state index contributed by atoms with van der Waals surface area (Å²) in [5.74, 6) is 0.798. The van der Waals surface area contributed by atoms with Gasteiger partial charge in [-0.15, -0.1) is 0 Å². The number of fused-ring (bicyclic) bond motifs is 1. The number of hydrogen-bond acceptors (Lipinski definition) is 1. The van der Waals surface area contributed by atoms with E-state index in [4.69, 9.17) is 0 Å². The largest absolute Gasteiger partial charge is 0.341 e. The molecule has 2 aromatic heterocycles. The number of para-hydroxylation sites is 1. The van der Waals surface area contributed by atoms with Gasteiger partial charge in [-0.25, -0.2) is 0 Å². The minimum atomic E-state index is -0.0333. The predicted octanol–water partition coefficient (Wildman–Crippen LogP) is 2.32. The summed E-state index contributed by atoms with van der Waals surface area (Å²) in [4.78, 5) is 14.9. The summed E-state index contributed by atoms with van der Waals surface area (Å²) in [5, 5.41) is 1.10. The van der Waals surface area contributed by atoms with Crippen LogP contribution in [0, 0.1) is 0 Å². The summed E-state index contributed by atoms with van der Waals surface area (Å²) in [7, 11) is 0. The molecule has 0 atom stereocenters. The van der Waals surface area contributed by atoms with Crippen LogP contribution in [0.5, 0.6) is 0 Å². The van der Waals surface area contributed by atoms with Crippen LogP contribution in [0.3, 0.4) is 0 Å². The summed E-state index contributed by atoms with van der Waals surface area (Å²) < 4.78 is 1.60. The van der Waals surface area contributed by atoms with Gasteiger partial charge in [-0.2, -0.15) is 0 Å². The van der Waals surface area contributed by atoms with E-state index in [9.17, 15) is 4.79 Å². The molecule has 0 aliphatic rings. The first-order valence-electron chi connectivity index (χ1n) is 5.10. The highest BCUT2D eigenvalue weighted by atomic mass is 16.1. The molecule has 1 N–H and O–H groups in total. The number of nitrogens with zero attached hydrogens (tertiary/aromatic N) is 1. The zero-order valence-electron chi connectivity index (χ0n) is 8.55. The summed E-state index contributed by atoms with van der Waals surface area (Å²) in [6.45, 7) is 0. The van der Waals surface area contributed by atoms with Crippen LogP contribution in [0.2, 0.25) is 0 Å². The Kier molecular flexibility index (Phi) is 1.90. The third kappa shape index (κ3) is 1.34. The normalized spacial score (nSPS) is 10.8. The van der Waals surface area contributed by atoms with Crippen molar-refractivity contribution in [3.05, 3.63) is 65.1 Å². The zero-order valence-corrected chi connectivity index (χ0v) is 8.55. The van der Waals surface area contributed by atoms with Crippen LogP contribution in [0.1, 0.15) is 0 Å². The van der Waals surface area contributed by atoms with Gasteiger partial charge >= 0.3 is 0 Å². The Hall–Kier alpha value is -2.29. The topological polar surface area (TPSA) is 37.8 Å². The molecule has 0 saturated heterocycles. The van der Waals surface area contributed by atoms with Gasteiger partial charge in [0.2, 0.25) is 0 Å². The minimum absolute atomic E-state index is 0.0333. The number of benzene rings is 1. The molecule has 0 bridgehead atoms. The van der Waals surface area contributed by atoms with Crippen LogP contribution in [0.4, 0.5) is 0 Å². The second kappa shape index (κ2) is 3.38. The summed E-state index contributed by atoms with van der Waals surface area (Å²) in [5.41, 5.74) is 1.00. The predicted molar refractivity (Wildman–Crippen MR) is 63.9 cm³/mol. The smallest absolute Gasteiger partial charge is 0.256 e. The van der Waals surface area contributed by atoms with Gasteiger partial charge in [0.15, 0.2) is 0 Å². The summed E-state index contributed by atoms with van der Waals surface area (Å²) in [6.07, 6.45) is 1.76. The molecule has 3 nitrogen and oxygen atoms in total. The van der Waals surface area contributed by atoms with Gasteiger partial charge in [0.1, 0.15) is 5.82 Å². The molecule has 3 heteroatoms. The van der Waals surface area contributed by atoms with Crippen LogP contribution >= 0.6 is 0 Å². The average Bonchev–Trinajstić information content (AvgIpc) is 2.73. The van der Waals surface area contributed by atoms with Gasteiger partial charge < -0.3 is 4.98 Å². The van der Waals surface area contributed by atoms with Crippen molar-refractivity contribution in [2.24, 2.45) is 0 Å². The number of aromatic nitrogens is 2. The minimum Gasteiger partial charge on any atom is -0.341 e. The average molecular weight is 210 g/mol. The lowest BCUT2D eigenvalue weighted by atomic mass is 10.2. The fraction of sp³-hybridized carbons (Fsp3) is 0. The van der Waals surface area contributed by atoms with Gasteiger partial charge in [-0.05, 0) is 18.2 Å². The molecule has 0 aliphatic heterocycles. The molecule has 0 radical (unpaired) electrons.